The minimum Gasteiger partial charge on any atom is -0.335 e. The Morgan fingerprint density at radius 2 is 2.28 bits per heavy atom. The second kappa shape index (κ2) is 6.92. The number of H-pyrrole nitrogens is 1. The molecular formula is C19H21ClN4O. The number of rotatable bonds is 2. The largest absolute Gasteiger partial charge is 0.335 e. The fraction of sp³-hybridized carbons (Fsp3) is 0.368. The summed E-state index contributed by atoms with van der Waals surface area (Å²) < 4.78 is 0. The zero-order valence-electron chi connectivity index (χ0n) is 14.0. The number of carbonyl (C=O) groups is 1. The van der Waals surface area contributed by atoms with Gasteiger partial charge in [0.2, 0.25) is 0 Å². The quantitative estimate of drug-likeness (QED) is 0.866. The minimum atomic E-state index is 0.0226. The molecule has 2 N–H and O–H groups in total. The Hall–Kier alpha value is -2.27. The third-order valence-corrected chi connectivity index (χ3v) is 5.27. The lowest BCUT2D eigenvalue weighted by molar-refractivity contribution is 0.197. The summed E-state index contributed by atoms with van der Waals surface area (Å²) in [6, 6.07) is 8.09. The normalized spacial score (nSPS) is 20.0. The molecule has 4 rings (SSSR count). The van der Waals surface area contributed by atoms with Gasteiger partial charge in [0, 0.05) is 36.3 Å². The van der Waals surface area contributed by atoms with Gasteiger partial charge in [0.05, 0.1) is 6.20 Å². The number of aromatic nitrogens is 2. The lowest BCUT2D eigenvalue weighted by Crippen LogP contribution is -2.47. The zero-order valence-corrected chi connectivity index (χ0v) is 14.7. The molecule has 1 unspecified atom stereocenters. The van der Waals surface area contributed by atoms with Gasteiger partial charge in [0.15, 0.2) is 0 Å². The SMILES string of the molecule is O=C(NC1CCc2cn[nH]c2C1)N1CC=C(c2cccc(Cl)c2)CC1. The van der Waals surface area contributed by atoms with Crippen LogP contribution in [0, 0.1) is 0 Å². The second-order valence-corrected chi connectivity index (χ2v) is 7.14. The fourth-order valence-electron chi connectivity index (χ4n) is 3.60. The predicted molar refractivity (Wildman–Crippen MR) is 98.6 cm³/mol. The third kappa shape index (κ3) is 3.56. The van der Waals surface area contributed by atoms with E-state index in [9.17, 15) is 4.79 Å². The molecule has 2 heterocycles. The summed E-state index contributed by atoms with van der Waals surface area (Å²) in [5.74, 6) is 0. The molecule has 1 aliphatic carbocycles. The molecule has 6 heteroatoms. The number of urea groups is 1. The van der Waals surface area contributed by atoms with E-state index in [1.807, 2.05) is 29.3 Å². The Morgan fingerprint density at radius 3 is 3.08 bits per heavy atom. The van der Waals surface area contributed by atoms with Gasteiger partial charge in [-0.2, -0.15) is 5.10 Å². The van der Waals surface area contributed by atoms with Crippen molar-refractivity contribution in [3.8, 4) is 0 Å². The molecule has 0 bridgehead atoms. The molecule has 1 aromatic carbocycles. The number of amides is 2. The third-order valence-electron chi connectivity index (χ3n) is 5.04. The summed E-state index contributed by atoms with van der Waals surface area (Å²) in [5.41, 5.74) is 4.83. The number of nitrogens with one attached hydrogen (secondary N) is 2. The van der Waals surface area contributed by atoms with E-state index in [2.05, 4.69) is 27.7 Å². The highest BCUT2D eigenvalue weighted by Gasteiger charge is 2.24. The number of hydrogen-bond donors (Lipinski definition) is 2. The molecule has 2 amide bonds. The summed E-state index contributed by atoms with van der Waals surface area (Å²) in [6.07, 6.45) is 7.63. The van der Waals surface area contributed by atoms with Gasteiger partial charge in [-0.25, -0.2) is 4.79 Å². The topological polar surface area (TPSA) is 61.0 Å². The van der Waals surface area contributed by atoms with Crippen LogP contribution in [-0.2, 0) is 12.8 Å². The minimum absolute atomic E-state index is 0.0226. The number of aryl methyl sites for hydroxylation is 1. The maximum atomic E-state index is 12.6. The Labute approximate surface area is 152 Å². The highest BCUT2D eigenvalue weighted by Crippen LogP contribution is 2.25. The summed E-state index contributed by atoms with van der Waals surface area (Å²) in [7, 11) is 0. The molecular weight excluding hydrogens is 336 g/mol. The number of nitrogens with zero attached hydrogens (tertiary/aromatic N) is 2. The van der Waals surface area contributed by atoms with E-state index in [0.717, 1.165) is 48.5 Å². The van der Waals surface area contributed by atoms with Gasteiger partial charge in [-0.15, -0.1) is 0 Å². The monoisotopic (exact) mass is 356 g/mol. The van der Waals surface area contributed by atoms with Gasteiger partial charge in [-0.05, 0) is 48.1 Å². The van der Waals surface area contributed by atoms with Crippen LogP contribution >= 0.6 is 11.6 Å². The predicted octanol–water partition coefficient (Wildman–Crippen LogP) is 3.42. The first-order chi connectivity index (χ1) is 12.2. The first kappa shape index (κ1) is 16.2. The summed E-state index contributed by atoms with van der Waals surface area (Å²) >= 11 is 6.07. The molecule has 130 valence electrons. The van der Waals surface area contributed by atoms with Crippen LogP contribution in [0.3, 0.4) is 0 Å². The van der Waals surface area contributed by atoms with E-state index in [-0.39, 0.29) is 12.1 Å². The molecule has 1 atom stereocenters. The van der Waals surface area contributed by atoms with Crippen molar-refractivity contribution in [1.29, 1.82) is 0 Å². The van der Waals surface area contributed by atoms with Crippen LogP contribution < -0.4 is 5.32 Å². The number of benzene rings is 1. The number of halogens is 1. The number of fused-ring (bicyclic) bond motifs is 1. The standard InChI is InChI=1S/C19H21ClN4O/c20-16-3-1-2-14(10-16)13-6-8-24(9-7-13)19(25)22-17-5-4-15-12-21-23-18(15)11-17/h1-3,6,10,12,17H,4-5,7-9,11H2,(H,21,23)(H,22,25). The van der Waals surface area contributed by atoms with Crippen molar-refractivity contribution in [2.75, 3.05) is 13.1 Å². The Kier molecular flexibility index (Phi) is 4.49. The number of hydrogen-bond acceptors (Lipinski definition) is 2. The molecule has 0 fully saturated rings. The fourth-order valence-corrected chi connectivity index (χ4v) is 3.79. The summed E-state index contributed by atoms with van der Waals surface area (Å²) in [6.45, 7) is 1.36. The molecule has 2 aliphatic rings. The Morgan fingerprint density at radius 1 is 1.36 bits per heavy atom. The van der Waals surface area contributed by atoms with E-state index < -0.39 is 0 Å². The van der Waals surface area contributed by atoms with E-state index in [1.165, 1.54) is 11.1 Å². The van der Waals surface area contributed by atoms with E-state index in [4.69, 9.17) is 11.6 Å². The van der Waals surface area contributed by atoms with Gasteiger partial charge in [0.1, 0.15) is 0 Å². The van der Waals surface area contributed by atoms with Crippen molar-refractivity contribution in [3.05, 3.63) is 58.4 Å². The Bertz CT molecular complexity index is 813. The van der Waals surface area contributed by atoms with Crippen LogP contribution in [0.4, 0.5) is 4.79 Å². The van der Waals surface area contributed by atoms with Crippen LogP contribution in [0.2, 0.25) is 5.02 Å². The van der Waals surface area contributed by atoms with Crippen molar-refractivity contribution in [1.82, 2.24) is 20.4 Å². The van der Waals surface area contributed by atoms with Gasteiger partial charge in [0.25, 0.3) is 0 Å². The molecule has 0 saturated carbocycles. The molecule has 25 heavy (non-hydrogen) atoms. The van der Waals surface area contributed by atoms with Crippen molar-refractivity contribution in [2.45, 2.75) is 31.7 Å². The van der Waals surface area contributed by atoms with Crippen molar-refractivity contribution < 1.29 is 4.79 Å². The van der Waals surface area contributed by atoms with E-state index in [1.54, 1.807) is 0 Å². The number of carbonyl (C=O) groups excluding carboxylic acids is 1. The Balaban J connectivity index is 1.35. The molecule has 5 nitrogen and oxygen atoms in total. The van der Waals surface area contributed by atoms with Crippen LogP contribution in [0.25, 0.3) is 5.57 Å². The van der Waals surface area contributed by atoms with Crippen LogP contribution in [0.5, 0.6) is 0 Å². The highest BCUT2D eigenvalue weighted by molar-refractivity contribution is 6.30. The highest BCUT2D eigenvalue weighted by atomic mass is 35.5. The molecule has 0 saturated heterocycles. The molecule has 0 radical (unpaired) electrons. The van der Waals surface area contributed by atoms with Gasteiger partial charge in [-0.3, -0.25) is 5.10 Å². The van der Waals surface area contributed by atoms with Crippen molar-refractivity contribution in [2.24, 2.45) is 0 Å². The molecule has 1 aliphatic heterocycles. The molecule has 0 spiro atoms. The lowest BCUT2D eigenvalue weighted by Gasteiger charge is -2.30. The van der Waals surface area contributed by atoms with E-state index >= 15 is 0 Å². The van der Waals surface area contributed by atoms with E-state index in [0.29, 0.717) is 6.54 Å². The first-order valence-electron chi connectivity index (χ1n) is 8.70. The zero-order chi connectivity index (χ0) is 17.2. The van der Waals surface area contributed by atoms with Crippen LogP contribution in [-0.4, -0.2) is 40.3 Å². The maximum absolute atomic E-state index is 12.6. The summed E-state index contributed by atoms with van der Waals surface area (Å²) in [4.78, 5) is 14.4. The van der Waals surface area contributed by atoms with Crippen molar-refractivity contribution in [3.63, 3.8) is 0 Å². The van der Waals surface area contributed by atoms with Gasteiger partial charge >= 0.3 is 6.03 Å². The first-order valence-corrected chi connectivity index (χ1v) is 9.08. The maximum Gasteiger partial charge on any atom is 0.317 e. The summed E-state index contributed by atoms with van der Waals surface area (Å²) in [5, 5.41) is 11.0. The van der Waals surface area contributed by atoms with Crippen LogP contribution in [0.1, 0.15) is 29.7 Å². The van der Waals surface area contributed by atoms with Gasteiger partial charge in [-0.1, -0.05) is 29.8 Å². The van der Waals surface area contributed by atoms with Crippen LogP contribution in [0.15, 0.2) is 36.5 Å². The van der Waals surface area contributed by atoms with Gasteiger partial charge < -0.3 is 10.2 Å². The molecule has 2 aromatic rings. The lowest BCUT2D eigenvalue weighted by atomic mass is 9.94. The van der Waals surface area contributed by atoms with Crippen molar-refractivity contribution >= 4 is 23.2 Å². The average Bonchev–Trinajstić information content (AvgIpc) is 3.09. The average molecular weight is 357 g/mol. The number of aromatic amines is 1. The smallest absolute Gasteiger partial charge is 0.317 e. The molecule has 1 aromatic heterocycles. The second-order valence-electron chi connectivity index (χ2n) is 6.70.